The highest BCUT2D eigenvalue weighted by molar-refractivity contribution is 7.16. The lowest BCUT2D eigenvalue weighted by Crippen LogP contribution is -2.28. The Morgan fingerprint density at radius 1 is 0.554 bits per heavy atom. The summed E-state index contributed by atoms with van der Waals surface area (Å²) in [6.07, 6.45) is 13.9. The van der Waals surface area contributed by atoms with Crippen LogP contribution in [0.25, 0.3) is 33.0 Å². The Bertz CT molecular complexity index is 2590. The molecule has 0 saturated heterocycles. The van der Waals surface area contributed by atoms with Gasteiger partial charge < -0.3 is 0 Å². The fourth-order valence-electron chi connectivity index (χ4n) is 10.4. The summed E-state index contributed by atoms with van der Waals surface area (Å²) in [4.78, 5) is 65.6. The number of carbonyl (C=O) groups is 4. The van der Waals surface area contributed by atoms with Crippen LogP contribution in [0.1, 0.15) is 147 Å². The molecule has 56 heavy (non-hydrogen) atoms. The minimum Gasteiger partial charge on any atom is -0.288 e. The van der Waals surface area contributed by atoms with Crippen LogP contribution in [0.5, 0.6) is 0 Å². The van der Waals surface area contributed by atoms with Gasteiger partial charge in [-0.2, -0.15) is 10.5 Å². The molecule has 8 nitrogen and oxygen atoms in total. The van der Waals surface area contributed by atoms with E-state index in [1.165, 1.54) is 56.3 Å². The predicted molar refractivity (Wildman–Crippen MR) is 213 cm³/mol. The minimum absolute atomic E-state index is 0.0511. The van der Waals surface area contributed by atoms with Crippen molar-refractivity contribution in [1.82, 2.24) is 0 Å². The summed E-state index contributed by atoms with van der Waals surface area (Å²) in [6.45, 7) is 14.9. The van der Waals surface area contributed by atoms with Gasteiger partial charge in [0.15, 0.2) is 34.5 Å². The van der Waals surface area contributed by atoms with Crippen LogP contribution in [0, 0.1) is 35.8 Å². The molecule has 0 bridgehead atoms. The number of nitriles is 2. The van der Waals surface area contributed by atoms with Gasteiger partial charge >= 0.3 is 0 Å². The van der Waals surface area contributed by atoms with E-state index >= 15 is 0 Å². The average molecular weight is 765 g/mol. The molecule has 0 aliphatic heterocycles. The number of ketones is 4. The van der Waals surface area contributed by atoms with E-state index in [9.17, 15) is 29.7 Å². The van der Waals surface area contributed by atoms with Gasteiger partial charge in [0.2, 0.25) is 0 Å². The highest BCUT2D eigenvalue weighted by atomic mass is 32.1. The third-order valence-corrected chi connectivity index (χ3v) is 15.1. The molecule has 2 heterocycles. The molecule has 2 fully saturated rings. The molecule has 2 saturated carbocycles. The molecular formula is C46H28N4O4S2. The average Bonchev–Trinajstić information content (AvgIpc) is 4.04. The summed E-state index contributed by atoms with van der Waals surface area (Å²) in [7, 11) is 0. The number of allylic oxidation sites excluding steroid dienone is 4. The van der Waals surface area contributed by atoms with Gasteiger partial charge in [0.05, 0.1) is 35.4 Å². The molecule has 0 unspecified atom stereocenters. The largest absolute Gasteiger partial charge is 0.288 e. The van der Waals surface area contributed by atoms with E-state index in [1.54, 1.807) is 34.8 Å². The number of nitrogens with zero attached hydrogens (tertiary/aromatic N) is 4. The number of hydrogen-bond acceptors (Lipinski definition) is 8. The van der Waals surface area contributed by atoms with Crippen molar-refractivity contribution in [3.05, 3.63) is 134 Å². The first-order valence-corrected chi connectivity index (χ1v) is 20.4. The summed E-state index contributed by atoms with van der Waals surface area (Å²) < 4.78 is 0. The highest BCUT2D eigenvalue weighted by Crippen LogP contribution is 2.71. The van der Waals surface area contributed by atoms with Crippen molar-refractivity contribution in [3.8, 4) is 12.1 Å². The van der Waals surface area contributed by atoms with Crippen LogP contribution in [0.2, 0.25) is 0 Å². The summed E-state index contributed by atoms with van der Waals surface area (Å²) in [5, 5.41) is 19.1. The Hall–Kier alpha value is -6.30. The number of fused-ring (bicyclic) bond motifs is 10. The Morgan fingerprint density at radius 2 is 0.911 bits per heavy atom. The molecule has 10 heteroatoms. The number of thiophene rings is 2. The van der Waals surface area contributed by atoms with Crippen molar-refractivity contribution in [3.63, 3.8) is 0 Å². The number of rotatable bonds is 2. The van der Waals surface area contributed by atoms with E-state index in [2.05, 4.69) is 21.8 Å². The first-order valence-electron chi connectivity index (χ1n) is 18.8. The van der Waals surface area contributed by atoms with Crippen LogP contribution >= 0.6 is 22.7 Å². The number of carbonyl (C=O) groups excluding carboxylic acids is 4. The van der Waals surface area contributed by atoms with Crippen LogP contribution in [0.15, 0.2) is 47.5 Å². The SMILES string of the molecule is [C-]#[N+]c1cc2c(cc1[N+]#[C-])C(=O)C(=Cc1cc3c(s1)C1=C(c4sc(C=C5C(=O)c6cc(C#N)c(C#N)cc6C5=O)cc4C14CCCCC4)C31CCCCC1)C2=O. The summed E-state index contributed by atoms with van der Waals surface area (Å²) in [6, 6.07) is 13.8. The number of benzene rings is 2. The van der Waals surface area contributed by atoms with Crippen molar-refractivity contribution >= 4 is 80.5 Å². The van der Waals surface area contributed by atoms with E-state index in [1.807, 2.05) is 12.1 Å². The van der Waals surface area contributed by atoms with Gasteiger partial charge in [-0.3, -0.25) is 28.9 Å². The third-order valence-electron chi connectivity index (χ3n) is 12.9. The van der Waals surface area contributed by atoms with Crippen molar-refractivity contribution in [2.24, 2.45) is 0 Å². The smallest absolute Gasteiger partial charge is 0.197 e. The molecular weight excluding hydrogens is 737 g/mol. The lowest BCUT2D eigenvalue weighted by molar-refractivity contribution is 0.0975. The topological polar surface area (TPSA) is 125 Å². The Labute approximate surface area is 330 Å². The predicted octanol–water partition coefficient (Wildman–Crippen LogP) is 10.9. The number of Topliss-reactive ketones (excluding diaryl/α,β-unsaturated/α-hetero) is 4. The molecule has 0 N–H and O–H groups in total. The van der Waals surface area contributed by atoms with Crippen molar-refractivity contribution < 1.29 is 19.2 Å². The van der Waals surface area contributed by atoms with Crippen LogP contribution < -0.4 is 0 Å². The first-order chi connectivity index (χ1) is 27.2. The van der Waals surface area contributed by atoms with E-state index in [-0.39, 0.29) is 66.7 Å². The van der Waals surface area contributed by atoms with Gasteiger partial charge in [0, 0.05) is 52.6 Å². The van der Waals surface area contributed by atoms with Crippen molar-refractivity contribution in [2.45, 2.75) is 75.0 Å². The monoisotopic (exact) mass is 764 g/mol. The quantitative estimate of drug-likeness (QED) is 0.114. The maximum absolute atomic E-state index is 13.7. The van der Waals surface area contributed by atoms with Crippen LogP contribution in [0.3, 0.4) is 0 Å². The zero-order valence-corrected chi connectivity index (χ0v) is 31.6. The van der Waals surface area contributed by atoms with E-state index < -0.39 is 23.1 Å². The molecule has 268 valence electrons. The molecule has 4 aromatic rings. The second kappa shape index (κ2) is 12.1. The van der Waals surface area contributed by atoms with Gasteiger partial charge in [0.1, 0.15) is 12.1 Å². The maximum atomic E-state index is 13.7. The van der Waals surface area contributed by atoms with Gasteiger partial charge in [-0.1, -0.05) is 50.7 Å². The molecule has 6 aliphatic rings. The molecule has 2 spiro atoms. The van der Waals surface area contributed by atoms with Crippen LogP contribution in [-0.4, -0.2) is 23.1 Å². The molecule has 0 atom stereocenters. The summed E-state index contributed by atoms with van der Waals surface area (Å²) >= 11 is 3.28. The maximum Gasteiger partial charge on any atom is 0.197 e. The lowest BCUT2D eigenvalue weighted by Gasteiger charge is -2.37. The molecule has 10 rings (SSSR count). The van der Waals surface area contributed by atoms with E-state index in [4.69, 9.17) is 13.1 Å². The Balaban J connectivity index is 1.10. The van der Waals surface area contributed by atoms with Gasteiger partial charge in [-0.05, 0) is 84.4 Å². The lowest BCUT2D eigenvalue weighted by atomic mass is 9.67. The second-order valence-corrected chi connectivity index (χ2v) is 17.7. The molecule has 6 aliphatic carbocycles. The first kappa shape index (κ1) is 34.2. The Morgan fingerprint density at radius 3 is 1.25 bits per heavy atom. The standard InChI is InChI=1S/C46H28N4O4S2/c1-49-35-19-29-30(20-36(35)50-2)42(54)32(41(29)53)16-26-18-34-44(56-26)38-37(46(34)11-7-4-8-12-46)43-33(45(38)9-5-3-6-10-45)17-25(55-43)15-31-39(51)27-13-23(21-47)24(22-48)14-28(27)40(31)52/h13-20H,3-12H2. The van der Waals surface area contributed by atoms with Crippen LogP contribution in [-0.2, 0) is 10.8 Å². The van der Waals surface area contributed by atoms with Gasteiger partial charge in [0.25, 0.3) is 0 Å². The van der Waals surface area contributed by atoms with E-state index in [0.717, 1.165) is 74.0 Å². The van der Waals surface area contributed by atoms with Crippen molar-refractivity contribution in [2.75, 3.05) is 0 Å². The molecule has 2 aromatic heterocycles. The molecule has 0 amide bonds. The van der Waals surface area contributed by atoms with Gasteiger partial charge in [-0.15, -0.1) is 22.7 Å². The molecule has 2 aromatic carbocycles. The van der Waals surface area contributed by atoms with Crippen molar-refractivity contribution in [1.29, 1.82) is 10.5 Å². The third kappa shape index (κ3) is 4.40. The minimum atomic E-state index is -0.429. The normalized spacial score (nSPS) is 19.3. The van der Waals surface area contributed by atoms with Gasteiger partial charge in [-0.25, -0.2) is 0 Å². The summed E-state index contributed by atoms with van der Waals surface area (Å²) in [5.74, 6) is -1.69. The zero-order valence-electron chi connectivity index (χ0n) is 29.9. The second-order valence-electron chi connectivity index (χ2n) is 15.5. The Kier molecular flexibility index (Phi) is 7.39. The van der Waals surface area contributed by atoms with Crippen LogP contribution in [0.4, 0.5) is 11.4 Å². The number of hydrogen-bond donors (Lipinski definition) is 0. The fraction of sp³-hybridized carbons (Fsp3) is 0.261. The molecule has 0 radical (unpaired) electrons. The highest BCUT2D eigenvalue weighted by Gasteiger charge is 2.58. The zero-order chi connectivity index (χ0) is 38.7. The summed E-state index contributed by atoms with van der Waals surface area (Å²) in [5.41, 5.74) is 5.88. The van der Waals surface area contributed by atoms with E-state index in [0.29, 0.717) is 0 Å². The fourth-order valence-corrected chi connectivity index (χ4v) is 13.1.